The molecule has 0 radical (unpaired) electrons. The van der Waals surface area contributed by atoms with Crippen LogP contribution in [0.3, 0.4) is 0 Å². The molecule has 1 aliphatic carbocycles. The molecular weight excluding hydrogens is 334 g/mol. The fourth-order valence-electron chi connectivity index (χ4n) is 3.07. The third kappa shape index (κ3) is 3.94. The van der Waals surface area contributed by atoms with Gasteiger partial charge in [-0.25, -0.2) is 4.79 Å². The van der Waals surface area contributed by atoms with Gasteiger partial charge in [-0.1, -0.05) is 29.8 Å². The first kappa shape index (κ1) is 18.0. The van der Waals surface area contributed by atoms with Gasteiger partial charge in [-0.3, -0.25) is 4.79 Å². The molecule has 5 nitrogen and oxygen atoms in total. The molecule has 126 valence electrons. The molecule has 0 aliphatic heterocycles. The number of carboxylic acid groups (broad SMARTS) is 1. The van der Waals surface area contributed by atoms with E-state index in [4.69, 9.17) is 16.0 Å². The smallest absolute Gasteiger partial charge is 0.405 e. The van der Waals surface area contributed by atoms with Crippen LogP contribution in [0, 0.1) is 0 Å². The van der Waals surface area contributed by atoms with Crippen LogP contribution < -0.4 is 5.32 Å². The summed E-state index contributed by atoms with van der Waals surface area (Å²) in [6, 6.07) is 6.87. The molecule has 0 spiro atoms. The van der Waals surface area contributed by atoms with E-state index in [1.807, 2.05) is 19.6 Å². The third-order valence-electron chi connectivity index (χ3n) is 3.88. The van der Waals surface area contributed by atoms with Gasteiger partial charge in [0.05, 0.1) is 0 Å². The Morgan fingerprint density at radius 3 is 2.61 bits per heavy atom. The second-order valence-electron chi connectivity index (χ2n) is 6.79. The highest BCUT2D eigenvalue weighted by Crippen LogP contribution is 2.39. The highest BCUT2D eigenvalue weighted by atomic mass is 35.5. The first-order valence-corrected chi connectivity index (χ1v) is 11.4. The van der Waals surface area contributed by atoms with Crippen molar-refractivity contribution in [3.63, 3.8) is 0 Å². The first-order valence-electron chi connectivity index (χ1n) is 7.64. The van der Waals surface area contributed by atoms with Crippen LogP contribution in [0.4, 0.5) is 4.79 Å². The van der Waals surface area contributed by atoms with E-state index in [0.29, 0.717) is 29.8 Å². The van der Waals surface area contributed by atoms with Gasteiger partial charge in [0, 0.05) is 10.6 Å². The molecule has 0 saturated heterocycles. The van der Waals surface area contributed by atoms with Gasteiger partial charge in [0.1, 0.15) is 11.6 Å². The SMILES string of the molecule is C[Si](C)(C)OC1CCCC(NC(=O)O)(c2ccccc2Cl)C1=O. The lowest BCUT2D eigenvalue weighted by molar-refractivity contribution is -0.136. The fourth-order valence-corrected chi connectivity index (χ4v) is 4.45. The molecular formula is C16H22ClNO4Si. The van der Waals surface area contributed by atoms with Crippen LogP contribution >= 0.6 is 11.6 Å². The Hall–Kier alpha value is -1.37. The van der Waals surface area contributed by atoms with Crippen LogP contribution in [0.5, 0.6) is 0 Å². The predicted molar refractivity (Wildman–Crippen MR) is 91.4 cm³/mol. The first-order chi connectivity index (χ1) is 10.7. The van der Waals surface area contributed by atoms with E-state index in [9.17, 15) is 14.7 Å². The molecule has 0 heterocycles. The Morgan fingerprint density at radius 2 is 2.04 bits per heavy atom. The van der Waals surface area contributed by atoms with Gasteiger partial charge < -0.3 is 14.8 Å². The molecule has 0 bridgehead atoms. The quantitative estimate of drug-likeness (QED) is 0.806. The van der Waals surface area contributed by atoms with Crippen LogP contribution in [0.15, 0.2) is 24.3 Å². The van der Waals surface area contributed by atoms with E-state index in [-0.39, 0.29) is 5.78 Å². The van der Waals surface area contributed by atoms with Crippen molar-refractivity contribution in [1.29, 1.82) is 0 Å². The van der Waals surface area contributed by atoms with Gasteiger partial charge in [0.25, 0.3) is 0 Å². The summed E-state index contributed by atoms with van der Waals surface area (Å²) < 4.78 is 6.00. The van der Waals surface area contributed by atoms with Gasteiger partial charge in [-0.15, -0.1) is 0 Å². The molecule has 1 aliphatic rings. The second kappa shape index (κ2) is 6.63. The lowest BCUT2D eigenvalue weighted by Crippen LogP contribution is -2.58. The van der Waals surface area contributed by atoms with Gasteiger partial charge in [0.15, 0.2) is 14.1 Å². The summed E-state index contributed by atoms with van der Waals surface area (Å²) in [6.07, 6.45) is -0.165. The van der Waals surface area contributed by atoms with Crippen molar-refractivity contribution in [2.75, 3.05) is 0 Å². The number of ketones is 1. The molecule has 7 heteroatoms. The van der Waals surface area contributed by atoms with E-state index in [0.717, 1.165) is 0 Å². The summed E-state index contributed by atoms with van der Waals surface area (Å²) >= 11 is 6.26. The van der Waals surface area contributed by atoms with Crippen molar-refractivity contribution in [3.8, 4) is 0 Å². The molecule has 2 atom stereocenters. The molecule has 1 fully saturated rings. The van der Waals surface area contributed by atoms with E-state index < -0.39 is 26.1 Å². The minimum Gasteiger partial charge on any atom is -0.465 e. The maximum atomic E-state index is 13.1. The lowest BCUT2D eigenvalue weighted by atomic mass is 9.74. The monoisotopic (exact) mass is 355 g/mol. The Kier molecular flexibility index (Phi) is 5.18. The summed E-state index contributed by atoms with van der Waals surface area (Å²) in [4.78, 5) is 24.5. The number of hydrogen-bond donors (Lipinski definition) is 2. The van der Waals surface area contributed by atoms with Crippen LogP contribution in [-0.4, -0.2) is 31.4 Å². The molecule has 1 amide bonds. The summed E-state index contributed by atoms with van der Waals surface area (Å²) in [7, 11) is -1.93. The van der Waals surface area contributed by atoms with Crippen molar-refractivity contribution >= 4 is 31.8 Å². The zero-order valence-electron chi connectivity index (χ0n) is 13.6. The molecule has 0 aromatic heterocycles. The number of amides is 1. The molecule has 2 N–H and O–H groups in total. The minimum atomic E-state index is -1.93. The zero-order chi connectivity index (χ0) is 17.3. The van der Waals surface area contributed by atoms with E-state index >= 15 is 0 Å². The lowest BCUT2D eigenvalue weighted by Gasteiger charge is -2.41. The van der Waals surface area contributed by atoms with Crippen LogP contribution in [0.1, 0.15) is 24.8 Å². The predicted octanol–water partition coefficient (Wildman–Crippen LogP) is 3.78. The highest BCUT2D eigenvalue weighted by molar-refractivity contribution is 6.69. The molecule has 2 rings (SSSR count). The Balaban J connectivity index is 2.47. The number of benzene rings is 1. The maximum absolute atomic E-state index is 13.1. The van der Waals surface area contributed by atoms with Gasteiger partial charge in [-0.05, 0) is 45.0 Å². The molecule has 2 unspecified atom stereocenters. The van der Waals surface area contributed by atoms with Crippen molar-refractivity contribution in [1.82, 2.24) is 5.32 Å². The largest absolute Gasteiger partial charge is 0.465 e. The fraction of sp³-hybridized carbons (Fsp3) is 0.500. The number of halogens is 1. The summed E-state index contributed by atoms with van der Waals surface area (Å²) in [5.74, 6) is -0.248. The number of carbonyl (C=O) groups excluding carboxylic acids is 1. The average molecular weight is 356 g/mol. The average Bonchev–Trinajstić information content (AvgIpc) is 2.42. The molecule has 1 aromatic carbocycles. The van der Waals surface area contributed by atoms with Crippen molar-refractivity contribution in [2.45, 2.75) is 50.5 Å². The number of rotatable bonds is 4. The number of carbonyl (C=O) groups is 2. The molecule has 1 aromatic rings. The van der Waals surface area contributed by atoms with E-state index in [1.165, 1.54) is 0 Å². The maximum Gasteiger partial charge on any atom is 0.405 e. The summed E-state index contributed by atoms with van der Waals surface area (Å²) in [6.45, 7) is 6.03. The topological polar surface area (TPSA) is 75.6 Å². The van der Waals surface area contributed by atoms with Crippen molar-refractivity contribution in [3.05, 3.63) is 34.9 Å². The van der Waals surface area contributed by atoms with Crippen LogP contribution in [0.25, 0.3) is 0 Å². The standard InChI is InChI=1S/C16H22ClNO4Si/c1-23(2,3)22-13-9-6-10-16(14(13)19,18-15(20)21)11-7-4-5-8-12(11)17/h4-5,7-8,13,18H,6,9-10H2,1-3H3,(H,20,21). The summed E-state index contributed by atoms with van der Waals surface area (Å²) in [5, 5.41) is 12.1. The van der Waals surface area contributed by atoms with Gasteiger partial charge >= 0.3 is 6.09 Å². The minimum absolute atomic E-state index is 0.248. The molecule has 23 heavy (non-hydrogen) atoms. The Bertz CT molecular complexity index is 616. The number of hydrogen-bond acceptors (Lipinski definition) is 3. The van der Waals surface area contributed by atoms with Crippen molar-refractivity contribution < 1.29 is 19.1 Å². The highest BCUT2D eigenvalue weighted by Gasteiger charge is 2.49. The van der Waals surface area contributed by atoms with Crippen LogP contribution in [0.2, 0.25) is 24.7 Å². The Labute approximate surface area is 142 Å². The number of Topliss-reactive ketones (excluding diaryl/α,β-unsaturated/α-hetero) is 1. The Morgan fingerprint density at radius 1 is 1.39 bits per heavy atom. The van der Waals surface area contributed by atoms with Crippen molar-refractivity contribution in [2.24, 2.45) is 0 Å². The second-order valence-corrected chi connectivity index (χ2v) is 11.7. The summed E-state index contributed by atoms with van der Waals surface area (Å²) in [5.41, 5.74) is -0.842. The van der Waals surface area contributed by atoms with E-state index in [1.54, 1.807) is 24.3 Å². The van der Waals surface area contributed by atoms with E-state index in [2.05, 4.69) is 5.32 Å². The normalized spacial score (nSPS) is 25.2. The number of nitrogens with one attached hydrogen (secondary N) is 1. The van der Waals surface area contributed by atoms with Gasteiger partial charge in [-0.2, -0.15) is 0 Å². The molecule has 1 saturated carbocycles. The zero-order valence-corrected chi connectivity index (χ0v) is 15.3. The van der Waals surface area contributed by atoms with Gasteiger partial charge in [0.2, 0.25) is 0 Å². The van der Waals surface area contributed by atoms with Crippen LogP contribution in [-0.2, 0) is 14.8 Å². The third-order valence-corrected chi connectivity index (χ3v) is 5.20.